The first-order valence-corrected chi connectivity index (χ1v) is 7.44. The molecule has 0 radical (unpaired) electrons. The molecule has 0 bridgehead atoms. The van der Waals surface area contributed by atoms with Gasteiger partial charge in [0, 0.05) is 12.6 Å². The molecule has 2 unspecified atom stereocenters. The standard InChI is InChI=1S/C16H25FN2/c1-3-16(14-5-7-15(17)8-6-14)18-11-13-9-10-19(4-2)12-13/h5-8,13,16,18H,3-4,9-12H2,1-2H3. The van der Waals surface area contributed by atoms with E-state index in [4.69, 9.17) is 0 Å². The highest BCUT2D eigenvalue weighted by Gasteiger charge is 2.21. The lowest BCUT2D eigenvalue weighted by Crippen LogP contribution is -2.29. The number of benzene rings is 1. The second-order valence-corrected chi connectivity index (χ2v) is 5.47. The minimum absolute atomic E-state index is 0.159. The van der Waals surface area contributed by atoms with Gasteiger partial charge in [0.1, 0.15) is 5.82 Å². The van der Waals surface area contributed by atoms with Crippen LogP contribution in [0.4, 0.5) is 4.39 Å². The Bertz CT molecular complexity index is 377. The van der Waals surface area contributed by atoms with Gasteiger partial charge in [-0.1, -0.05) is 26.0 Å². The van der Waals surface area contributed by atoms with E-state index in [1.807, 2.05) is 12.1 Å². The molecule has 1 N–H and O–H groups in total. The van der Waals surface area contributed by atoms with Crippen LogP contribution in [-0.4, -0.2) is 31.1 Å². The van der Waals surface area contributed by atoms with Crippen molar-refractivity contribution in [2.45, 2.75) is 32.7 Å². The summed E-state index contributed by atoms with van der Waals surface area (Å²) >= 11 is 0. The smallest absolute Gasteiger partial charge is 0.123 e. The fraction of sp³-hybridized carbons (Fsp3) is 0.625. The predicted octanol–water partition coefficient (Wildman–Crippen LogP) is 3.21. The monoisotopic (exact) mass is 264 g/mol. The summed E-state index contributed by atoms with van der Waals surface area (Å²) in [5.41, 5.74) is 1.19. The third kappa shape index (κ3) is 4.02. The molecule has 1 aromatic rings. The van der Waals surface area contributed by atoms with Crippen molar-refractivity contribution in [2.24, 2.45) is 5.92 Å². The van der Waals surface area contributed by atoms with Crippen LogP contribution in [0.15, 0.2) is 24.3 Å². The van der Waals surface area contributed by atoms with Crippen molar-refractivity contribution in [3.05, 3.63) is 35.6 Å². The zero-order valence-electron chi connectivity index (χ0n) is 12.0. The maximum absolute atomic E-state index is 12.9. The summed E-state index contributed by atoms with van der Waals surface area (Å²) in [6.07, 6.45) is 2.33. The largest absolute Gasteiger partial charge is 0.310 e. The number of hydrogen-bond acceptors (Lipinski definition) is 2. The Hall–Kier alpha value is -0.930. The number of nitrogens with one attached hydrogen (secondary N) is 1. The van der Waals surface area contributed by atoms with Crippen LogP contribution in [0.1, 0.15) is 38.3 Å². The fourth-order valence-electron chi connectivity index (χ4n) is 2.87. The minimum atomic E-state index is -0.159. The molecule has 0 spiro atoms. The molecule has 1 heterocycles. The summed E-state index contributed by atoms with van der Waals surface area (Å²) in [7, 11) is 0. The molecule has 1 aliphatic rings. The van der Waals surface area contributed by atoms with E-state index in [9.17, 15) is 4.39 Å². The van der Waals surface area contributed by atoms with E-state index >= 15 is 0 Å². The average Bonchev–Trinajstić information content (AvgIpc) is 2.89. The van der Waals surface area contributed by atoms with Crippen LogP contribution < -0.4 is 5.32 Å². The second kappa shape index (κ2) is 7.01. The highest BCUT2D eigenvalue weighted by atomic mass is 19.1. The topological polar surface area (TPSA) is 15.3 Å². The second-order valence-electron chi connectivity index (χ2n) is 5.47. The molecule has 0 aromatic heterocycles. The van der Waals surface area contributed by atoms with Gasteiger partial charge in [0.05, 0.1) is 0 Å². The Kier molecular flexibility index (Phi) is 5.34. The van der Waals surface area contributed by atoms with Gasteiger partial charge in [0.2, 0.25) is 0 Å². The number of rotatable bonds is 6. The van der Waals surface area contributed by atoms with Gasteiger partial charge in [0.15, 0.2) is 0 Å². The van der Waals surface area contributed by atoms with Gasteiger partial charge < -0.3 is 10.2 Å². The number of halogens is 1. The maximum Gasteiger partial charge on any atom is 0.123 e. The van der Waals surface area contributed by atoms with Crippen molar-refractivity contribution >= 4 is 0 Å². The van der Waals surface area contributed by atoms with Crippen LogP contribution in [0, 0.1) is 11.7 Å². The van der Waals surface area contributed by atoms with Crippen LogP contribution in [0.5, 0.6) is 0 Å². The zero-order valence-corrected chi connectivity index (χ0v) is 12.0. The van der Waals surface area contributed by atoms with Crippen LogP contribution >= 0.6 is 0 Å². The molecular formula is C16H25FN2. The molecule has 2 nitrogen and oxygen atoms in total. The molecule has 3 heteroatoms. The van der Waals surface area contributed by atoms with Crippen molar-refractivity contribution in [1.82, 2.24) is 10.2 Å². The zero-order chi connectivity index (χ0) is 13.7. The molecule has 1 saturated heterocycles. The Labute approximate surface area is 116 Å². The average molecular weight is 264 g/mol. The molecule has 2 rings (SSSR count). The van der Waals surface area contributed by atoms with Crippen LogP contribution in [-0.2, 0) is 0 Å². The number of hydrogen-bond donors (Lipinski definition) is 1. The Morgan fingerprint density at radius 3 is 2.63 bits per heavy atom. The van der Waals surface area contributed by atoms with Crippen molar-refractivity contribution in [3.8, 4) is 0 Å². The Balaban J connectivity index is 1.84. The molecule has 0 amide bonds. The van der Waals surface area contributed by atoms with E-state index < -0.39 is 0 Å². The molecule has 1 fully saturated rings. The summed E-state index contributed by atoms with van der Waals surface area (Å²) in [5, 5.41) is 3.64. The molecule has 1 aromatic carbocycles. The van der Waals surface area contributed by atoms with Crippen molar-refractivity contribution in [1.29, 1.82) is 0 Å². The van der Waals surface area contributed by atoms with E-state index in [0.717, 1.165) is 25.4 Å². The quantitative estimate of drug-likeness (QED) is 0.849. The van der Waals surface area contributed by atoms with Gasteiger partial charge in [0.25, 0.3) is 0 Å². The lowest BCUT2D eigenvalue weighted by atomic mass is 10.0. The Morgan fingerprint density at radius 2 is 2.05 bits per heavy atom. The van der Waals surface area contributed by atoms with E-state index in [0.29, 0.717) is 6.04 Å². The molecule has 2 atom stereocenters. The summed E-state index contributed by atoms with van der Waals surface area (Å²) in [6.45, 7) is 9.06. The molecule has 1 aliphatic heterocycles. The molecule has 19 heavy (non-hydrogen) atoms. The summed E-state index contributed by atoms with van der Waals surface area (Å²) in [5.74, 6) is 0.599. The number of likely N-dealkylation sites (tertiary alicyclic amines) is 1. The van der Waals surface area contributed by atoms with Gasteiger partial charge in [-0.3, -0.25) is 0 Å². The van der Waals surface area contributed by atoms with Crippen LogP contribution in [0.3, 0.4) is 0 Å². The summed E-state index contributed by atoms with van der Waals surface area (Å²) in [4.78, 5) is 2.51. The molecule has 0 aliphatic carbocycles. The van der Waals surface area contributed by atoms with Crippen LogP contribution in [0.25, 0.3) is 0 Å². The third-order valence-corrected chi connectivity index (χ3v) is 4.15. The summed E-state index contributed by atoms with van der Waals surface area (Å²) < 4.78 is 12.9. The van der Waals surface area contributed by atoms with Gasteiger partial charge in [-0.15, -0.1) is 0 Å². The molecule has 106 valence electrons. The highest BCUT2D eigenvalue weighted by molar-refractivity contribution is 5.19. The van der Waals surface area contributed by atoms with Crippen molar-refractivity contribution < 1.29 is 4.39 Å². The normalized spacial score (nSPS) is 21.7. The summed E-state index contributed by atoms with van der Waals surface area (Å²) in [6, 6.07) is 7.23. The minimum Gasteiger partial charge on any atom is -0.310 e. The molecule has 0 saturated carbocycles. The fourth-order valence-corrected chi connectivity index (χ4v) is 2.87. The SMILES string of the molecule is CCC(NCC1CCN(CC)C1)c1ccc(F)cc1. The van der Waals surface area contributed by atoms with E-state index in [2.05, 4.69) is 24.1 Å². The predicted molar refractivity (Wildman–Crippen MR) is 77.7 cm³/mol. The number of nitrogens with zero attached hydrogens (tertiary/aromatic N) is 1. The first kappa shape index (κ1) is 14.5. The maximum atomic E-state index is 12.9. The molecular weight excluding hydrogens is 239 g/mol. The van der Waals surface area contributed by atoms with E-state index in [-0.39, 0.29) is 5.82 Å². The first-order chi connectivity index (χ1) is 9.22. The van der Waals surface area contributed by atoms with Gasteiger partial charge >= 0.3 is 0 Å². The third-order valence-electron chi connectivity index (χ3n) is 4.15. The van der Waals surface area contributed by atoms with Crippen molar-refractivity contribution in [3.63, 3.8) is 0 Å². The first-order valence-electron chi connectivity index (χ1n) is 7.44. The van der Waals surface area contributed by atoms with E-state index in [1.54, 1.807) is 12.1 Å². The lowest BCUT2D eigenvalue weighted by Gasteiger charge is -2.20. The Morgan fingerprint density at radius 1 is 1.32 bits per heavy atom. The van der Waals surface area contributed by atoms with E-state index in [1.165, 1.54) is 25.1 Å². The van der Waals surface area contributed by atoms with Gasteiger partial charge in [-0.2, -0.15) is 0 Å². The highest BCUT2D eigenvalue weighted by Crippen LogP contribution is 2.20. The lowest BCUT2D eigenvalue weighted by molar-refractivity contribution is 0.334. The van der Waals surface area contributed by atoms with Gasteiger partial charge in [-0.05, 0) is 56.1 Å². The van der Waals surface area contributed by atoms with Gasteiger partial charge in [-0.25, -0.2) is 4.39 Å². The van der Waals surface area contributed by atoms with Crippen LogP contribution in [0.2, 0.25) is 0 Å². The van der Waals surface area contributed by atoms with Crippen molar-refractivity contribution in [2.75, 3.05) is 26.2 Å².